The van der Waals surface area contributed by atoms with Gasteiger partial charge in [0.15, 0.2) is 8.38 Å². The minimum Gasteiger partial charge on any atom is -0.460 e. The number of H-pyrrole nitrogens is 1. The van der Waals surface area contributed by atoms with Crippen LogP contribution >= 0.6 is 8.38 Å². The fourth-order valence-corrected chi connectivity index (χ4v) is 3.04. The number of rotatable bonds is 8. The highest BCUT2D eigenvalue weighted by Crippen LogP contribution is 2.40. The number of fused-ring (bicyclic) bond motifs is 1. The average Bonchev–Trinajstić information content (AvgIpc) is 2.98. The lowest BCUT2D eigenvalue weighted by atomic mass is 10.2. The van der Waals surface area contributed by atoms with E-state index in [9.17, 15) is 4.79 Å². The van der Waals surface area contributed by atoms with Crippen LogP contribution in [0.4, 0.5) is 0 Å². The molecule has 2 aromatic rings. The van der Waals surface area contributed by atoms with Crippen LogP contribution in [0, 0.1) is 0 Å². The molecule has 1 N–H and O–H groups in total. The summed E-state index contributed by atoms with van der Waals surface area (Å²) in [4.78, 5) is 19.1. The van der Waals surface area contributed by atoms with E-state index in [1.165, 1.54) is 0 Å². The van der Waals surface area contributed by atoms with Crippen molar-refractivity contribution in [3.8, 4) is 0 Å². The summed E-state index contributed by atoms with van der Waals surface area (Å²) in [5.41, 5.74) is 2.39. The summed E-state index contributed by atoms with van der Waals surface area (Å²) in [6.45, 7) is 7.13. The molecule has 6 nitrogen and oxygen atoms in total. The van der Waals surface area contributed by atoms with Crippen molar-refractivity contribution in [2.45, 2.75) is 20.8 Å². The third kappa shape index (κ3) is 4.61. The van der Waals surface area contributed by atoms with Gasteiger partial charge in [0.25, 0.3) is 0 Å². The van der Waals surface area contributed by atoms with Crippen LogP contribution in [0.2, 0.25) is 0 Å². The molecule has 0 bridgehead atoms. The molecule has 0 unspecified atom stereocenters. The van der Waals surface area contributed by atoms with Crippen molar-refractivity contribution in [2.24, 2.45) is 0 Å². The van der Waals surface area contributed by atoms with Crippen molar-refractivity contribution in [1.82, 2.24) is 9.97 Å². The van der Waals surface area contributed by atoms with Crippen LogP contribution in [0.15, 0.2) is 24.0 Å². The Morgan fingerprint density at radius 2 is 1.96 bits per heavy atom. The number of imidazole rings is 1. The Hall–Kier alpha value is -1.75. The van der Waals surface area contributed by atoms with Crippen LogP contribution in [-0.4, -0.2) is 35.8 Å². The van der Waals surface area contributed by atoms with Gasteiger partial charge in [0.2, 0.25) is 5.82 Å². The van der Waals surface area contributed by atoms with Crippen LogP contribution in [0.3, 0.4) is 0 Å². The number of benzene rings is 1. The number of para-hydroxylation sites is 1. The molecule has 0 saturated carbocycles. The van der Waals surface area contributed by atoms with Gasteiger partial charge in [-0.25, -0.2) is 9.78 Å². The summed E-state index contributed by atoms with van der Waals surface area (Å²) in [5, 5.41) is 0. The Morgan fingerprint density at radius 1 is 1.22 bits per heavy atom. The lowest BCUT2D eigenvalue weighted by Gasteiger charge is -2.10. The van der Waals surface area contributed by atoms with Crippen molar-refractivity contribution in [3.63, 3.8) is 0 Å². The molecule has 0 fully saturated rings. The summed E-state index contributed by atoms with van der Waals surface area (Å²) >= 11 is 0. The molecule has 7 heteroatoms. The maximum atomic E-state index is 11.8. The first kappa shape index (κ1) is 17.6. The molecule has 1 heterocycles. The number of aromatic nitrogens is 2. The molecule has 0 saturated heterocycles. The molecule has 1 aromatic carbocycles. The molecule has 0 spiro atoms. The molecule has 0 atom stereocenters. The molecule has 124 valence electrons. The summed E-state index contributed by atoms with van der Waals surface area (Å²) in [5.74, 6) is 1.65. The predicted octanol–water partition coefficient (Wildman–Crippen LogP) is 4.10. The minimum atomic E-state index is -1.06. The van der Waals surface area contributed by atoms with Crippen molar-refractivity contribution >= 4 is 31.5 Å². The topological polar surface area (TPSA) is 73.4 Å². The zero-order valence-corrected chi connectivity index (χ0v) is 14.4. The van der Waals surface area contributed by atoms with Crippen LogP contribution in [0.5, 0.6) is 0 Å². The van der Waals surface area contributed by atoms with E-state index in [4.69, 9.17) is 13.8 Å². The van der Waals surface area contributed by atoms with E-state index in [0.29, 0.717) is 19.8 Å². The van der Waals surface area contributed by atoms with E-state index in [2.05, 4.69) is 9.97 Å². The Morgan fingerprint density at radius 3 is 2.61 bits per heavy atom. The number of hydrogen-bond acceptors (Lipinski definition) is 5. The SMILES string of the molecule is CCOC(=O)c1nc2c(C=CP(OCC)OCC)cccc2[nH]1. The van der Waals surface area contributed by atoms with Gasteiger partial charge < -0.3 is 18.8 Å². The summed E-state index contributed by atoms with van der Waals surface area (Å²) < 4.78 is 16.1. The third-order valence-electron chi connectivity index (χ3n) is 2.90. The highest BCUT2D eigenvalue weighted by atomic mass is 31.2. The van der Waals surface area contributed by atoms with Crippen molar-refractivity contribution in [2.75, 3.05) is 19.8 Å². The maximum absolute atomic E-state index is 11.8. The van der Waals surface area contributed by atoms with Crippen LogP contribution in [0.25, 0.3) is 17.1 Å². The number of ether oxygens (including phenoxy) is 1. The normalized spacial score (nSPS) is 11.7. The molecule has 0 aliphatic heterocycles. The number of esters is 1. The van der Waals surface area contributed by atoms with Gasteiger partial charge >= 0.3 is 5.97 Å². The number of nitrogens with zero attached hydrogens (tertiary/aromatic N) is 1. The summed E-state index contributed by atoms with van der Waals surface area (Å²) in [6, 6.07) is 5.70. The average molecular weight is 336 g/mol. The van der Waals surface area contributed by atoms with Crippen LogP contribution in [-0.2, 0) is 13.8 Å². The Labute approximate surface area is 136 Å². The van der Waals surface area contributed by atoms with E-state index < -0.39 is 14.3 Å². The lowest BCUT2D eigenvalue weighted by molar-refractivity contribution is 0.0513. The van der Waals surface area contributed by atoms with E-state index in [-0.39, 0.29) is 5.82 Å². The second kappa shape index (κ2) is 8.77. The molecular formula is C16H21N2O4P. The van der Waals surface area contributed by atoms with Gasteiger partial charge in [0.05, 0.1) is 30.9 Å². The van der Waals surface area contributed by atoms with Crippen LogP contribution in [0.1, 0.15) is 37.0 Å². The molecule has 23 heavy (non-hydrogen) atoms. The van der Waals surface area contributed by atoms with Crippen molar-refractivity contribution in [3.05, 3.63) is 35.4 Å². The van der Waals surface area contributed by atoms with Gasteiger partial charge in [0.1, 0.15) is 0 Å². The number of nitrogens with one attached hydrogen (secondary N) is 1. The maximum Gasteiger partial charge on any atom is 0.374 e. The molecule has 0 aliphatic carbocycles. The fraction of sp³-hybridized carbons (Fsp3) is 0.375. The monoisotopic (exact) mass is 336 g/mol. The molecule has 1 aromatic heterocycles. The second-order valence-electron chi connectivity index (χ2n) is 4.49. The highest BCUT2D eigenvalue weighted by molar-refractivity contribution is 7.51. The van der Waals surface area contributed by atoms with Crippen molar-refractivity contribution in [1.29, 1.82) is 0 Å². The Balaban J connectivity index is 2.28. The first-order valence-electron chi connectivity index (χ1n) is 7.58. The van der Waals surface area contributed by atoms with Crippen LogP contribution < -0.4 is 0 Å². The molecule has 0 radical (unpaired) electrons. The van der Waals surface area contributed by atoms with E-state index >= 15 is 0 Å². The fourth-order valence-electron chi connectivity index (χ4n) is 2.00. The molecular weight excluding hydrogens is 315 g/mol. The number of hydrogen-bond donors (Lipinski definition) is 1. The van der Waals surface area contributed by atoms with Gasteiger partial charge in [-0.05, 0) is 38.7 Å². The number of carbonyl (C=O) groups is 1. The molecule has 0 aliphatic rings. The van der Waals surface area contributed by atoms with E-state index in [1.807, 2.05) is 43.9 Å². The van der Waals surface area contributed by atoms with Gasteiger partial charge in [0, 0.05) is 5.56 Å². The number of aromatic amines is 1. The van der Waals surface area contributed by atoms with Gasteiger partial charge in [-0.3, -0.25) is 0 Å². The highest BCUT2D eigenvalue weighted by Gasteiger charge is 2.13. The van der Waals surface area contributed by atoms with E-state index in [0.717, 1.165) is 16.6 Å². The van der Waals surface area contributed by atoms with E-state index in [1.54, 1.807) is 6.92 Å². The van der Waals surface area contributed by atoms with Gasteiger partial charge in [-0.15, -0.1) is 0 Å². The largest absolute Gasteiger partial charge is 0.460 e. The smallest absolute Gasteiger partial charge is 0.374 e. The first-order valence-corrected chi connectivity index (χ1v) is 8.83. The number of carbonyl (C=O) groups excluding carboxylic acids is 1. The Bertz CT molecular complexity index is 678. The lowest BCUT2D eigenvalue weighted by Crippen LogP contribution is -2.06. The standard InChI is InChI=1S/C16H21N2O4P/c1-4-20-16(19)15-17-13-9-7-8-12(14(13)18-15)10-11-23(21-5-2)22-6-3/h7-11H,4-6H2,1-3H3,(H,17,18). The quantitative estimate of drug-likeness (QED) is 0.580. The minimum absolute atomic E-state index is 0.208. The second-order valence-corrected chi connectivity index (χ2v) is 5.87. The zero-order chi connectivity index (χ0) is 16.7. The third-order valence-corrected chi connectivity index (χ3v) is 4.32. The Kier molecular flexibility index (Phi) is 6.71. The summed E-state index contributed by atoms with van der Waals surface area (Å²) in [7, 11) is -1.06. The zero-order valence-electron chi connectivity index (χ0n) is 13.5. The summed E-state index contributed by atoms with van der Waals surface area (Å²) in [6.07, 6.45) is 1.91. The van der Waals surface area contributed by atoms with Crippen molar-refractivity contribution < 1.29 is 18.6 Å². The molecule has 0 amide bonds. The van der Waals surface area contributed by atoms with Gasteiger partial charge in [-0.2, -0.15) is 0 Å². The molecule has 2 rings (SSSR count). The van der Waals surface area contributed by atoms with Gasteiger partial charge in [-0.1, -0.05) is 12.1 Å². The first-order chi connectivity index (χ1) is 11.2. The predicted molar refractivity (Wildman–Crippen MR) is 91.3 cm³/mol.